The van der Waals surface area contributed by atoms with Gasteiger partial charge in [0.05, 0.1) is 0 Å². The Balaban J connectivity index is 0.00000484. The number of halogens is 1. The summed E-state index contributed by atoms with van der Waals surface area (Å²) in [6, 6.07) is 8.12. The minimum absolute atomic E-state index is 0. The van der Waals surface area contributed by atoms with Crippen LogP contribution in [-0.4, -0.2) is 37.2 Å². The molecule has 0 amide bonds. The average Bonchev–Trinajstić information content (AvgIpc) is 2.46. The normalized spacial score (nSPS) is 11.6. The molecule has 2 N–H and O–H groups in total. The first-order valence-corrected chi connectivity index (χ1v) is 9.06. The van der Waals surface area contributed by atoms with Gasteiger partial charge in [-0.1, -0.05) is 18.2 Å². The lowest BCUT2D eigenvalue weighted by atomic mass is 10.1. The maximum atomic E-state index is 6.01. The van der Waals surface area contributed by atoms with Crippen LogP contribution in [-0.2, 0) is 6.54 Å². The number of hydrogen-bond donors (Lipinski definition) is 2. The van der Waals surface area contributed by atoms with Gasteiger partial charge in [0.25, 0.3) is 0 Å². The Labute approximate surface area is 162 Å². The van der Waals surface area contributed by atoms with Crippen molar-refractivity contribution in [2.24, 2.45) is 4.99 Å². The van der Waals surface area contributed by atoms with Crippen molar-refractivity contribution in [3.63, 3.8) is 0 Å². The monoisotopic (exact) mass is 451 g/mol. The zero-order chi connectivity index (χ0) is 16.4. The maximum absolute atomic E-state index is 6.01. The van der Waals surface area contributed by atoms with E-state index in [0.29, 0.717) is 6.54 Å². The molecule has 1 rings (SSSR count). The summed E-state index contributed by atoms with van der Waals surface area (Å²) in [5.74, 6) is 2.90. The molecule has 0 aromatic heterocycles. The van der Waals surface area contributed by atoms with Gasteiger partial charge < -0.3 is 15.4 Å². The number of thioether (sulfide) groups is 1. The summed E-state index contributed by atoms with van der Waals surface area (Å²) >= 11 is 1.86. The van der Waals surface area contributed by atoms with E-state index in [-0.39, 0.29) is 29.6 Å². The Kier molecular flexibility index (Phi) is 11.5. The number of guanidine groups is 1. The third-order valence-corrected chi connectivity index (χ3v) is 3.57. The number of para-hydroxylation sites is 1. The lowest BCUT2D eigenvalue weighted by molar-refractivity contribution is 0.129. The first kappa shape index (κ1) is 22.4. The molecule has 0 aliphatic rings. The highest BCUT2D eigenvalue weighted by atomic mass is 127. The Morgan fingerprint density at radius 2 is 1.91 bits per heavy atom. The summed E-state index contributed by atoms with van der Waals surface area (Å²) in [6.07, 6.45) is 3.25. The lowest BCUT2D eigenvalue weighted by Gasteiger charge is -2.23. The van der Waals surface area contributed by atoms with Crippen LogP contribution in [0.3, 0.4) is 0 Å². The number of aliphatic imine (C=N–C) groups is 1. The van der Waals surface area contributed by atoms with Gasteiger partial charge in [-0.05, 0) is 45.3 Å². The second-order valence-corrected chi connectivity index (χ2v) is 7.01. The summed E-state index contributed by atoms with van der Waals surface area (Å²) in [7, 11) is 1.79. The standard InChI is InChI=1S/C17H29N3OS.HI/c1-17(2,3)21-15-10-7-6-9-14(15)13-20-16(18-4)19-11-8-12-22-5;/h6-7,9-10H,8,11-13H2,1-5H3,(H2,18,19,20);1H. The van der Waals surface area contributed by atoms with E-state index in [9.17, 15) is 0 Å². The molecule has 0 aliphatic heterocycles. The topological polar surface area (TPSA) is 45.7 Å². The minimum Gasteiger partial charge on any atom is -0.488 e. The molecule has 0 spiro atoms. The molecule has 0 aliphatic carbocycles. The van der Waals surface area contributed by atoms with E-state index in [4.69, 9.17) is 4.74 Å². The van der Waals surface area contributed by atoms with Crippen molar-refractivity contribution in [2.75, 3.05) is 25.6 Å². The third-order valence-electron chi connectivity index (χ3n) is 2.88. The van der Waals surface area contributed by atoms with Gasteiger partial charge in [-0.15, -0.1) is 24.0 Å². The predicted molar refractivity (Wildman–Crippen MR) is 113 cm³/mol. The number of benzene rings is 1. The molecule has 0 radical (unpaired) electrons. The van der Waals surface area contributed by atoms with Crippen molar-refractivity contribution in [2.45, 2.75) is 39.3 Å². The van der Waals surface area contributed by atoms with E-state index >= 15 is 0 Å². The smallest absolute Gasteiger partial charge is 0.191 e. The van der Waals surface area contributed by atoms with Crippen LogP contribution in [0, 0.1) is 0 Å². The largest absolute Gasteiger partial charge is 0.488 e. The number of hydrogen-bond acceptors (Lipinski definition) is 3. The van der Waals surface area contributed by atoms with Gasteiger partial charge in [-0.25, -0.2) is 0 Å². The Hall–Kier alpha value is -0.630. The van der Waals surface area contributed by atoms with Crippen molar-refractivity contribution in [1.82, 2.24) is 10.6 Å². The minimum atomic E-state index is -0.201. The van der Waals surface area contributed by atoms with Crippen molar-refractivity contribution in [3.8, 4) is 5.75 Å². The fourth-order valence-electron chi connectivity index (χ4n) is 1.90. The highest BCUT2D eigenvalue weighted by molar-refractivity contribution is 14.0. The highest BCUT2D eigenvalue weighted by Gasteiger charge is 2.14. The molecule has 0 fully saturated rings. The van der Waals surface area contributed by atoms with Crippen LogP contribution in [0.15, 0.2) is 29.3 Å². The zero-order valence-electron chi connectivity index (χ0n) is 14.8. The van der Waals surface area contributed by atoms with Crippen LogP contribution in [0.5, 0.6) is 5.75 Å². The molecule has 6 heteroatoms. The molecular formula is C17H30IN3OS. The fraction of sp³-hybridized carbons (Fsp3) is 0.588. The first-order chi connectivity index (χ1) is 10.5. The summed E-state index contributed by atoms with van der Waals surface area (Å²) in [5.41, 5.74) is 0.929. The average molecular weight is 451 g/mol. The molecule has 0 heterocycles. The van der Waals surface area contributed by atoms with Crippen LogP contribution < -0.4 is 15.4 Å². The molecule has 0 atom stereocenters. The van der Waals surface area contributed by atoms with E-state index in [0.717, 1.165) is 36.0 Å². The van der Waals surface area contributed by atoms with Gasteiger partial charge in [0, 0.05) is 25.7 Å². The first-order valence-electron chi connectivity index (χ1n) is 7.66. The van der Waals surface area contributed by atoms with Crippen molar-refractivity contribution in [3.05, 3.63) is 29.8 Å². The quantitative estimate of drug-likeness (QED) is 0.286. The lowest BCUT2D eigenvalue weighted by Crippen LogP contribution is -2.37. The fourth-order valence-corrected chi connectivity index (χ4v) is 2.34. The molecule has 0 unspecified atom stereocenters. The summed E-state index contributed by atoms with van der Waals surface area (Å²) in [6.45, 7) is 7.80. The van der Waals surface area contributed by atoms with Crippen molar-refractivity contribution in [1.29, 1.82) is 0 Å². The van der Waals surface area contributed by atoms with Crippen LogP contribution in [0.25, 0.3) is 0 Å². The summed E-state index contributed by atoms with van der Waals surface area (Å²) in [4.78, 5) is 4.25. The van der Waals surface area contributed by atoms with Crippen LogP contribution in [0.2, 0.25) is 0 Å². The summed E-state index contributed by atoms with van der Waals surface area (Å²) < 4.78 is 6.01. The number of ether oxygens (including phenoxy) is 1. The zero-order valence-corrected chi connectivity index (χ0v) is 18.0. The van der Waals surface area contributed by atoms with Crippen molar-refractivity contribution >= 4 is 41.7 Å². The molecule has 0 bridgehead atoms. The number of rotatable bonds is 7. The second kappa shape index (κ2) is 11.8. The van der Waals surface area contributed by atoms with E-state index in [1.54, 1.807) is 7.05 Å². The van der Waals surface area contributed by atoms with E-state index in [1.807, 2.05) is 30.0 Å². The predicted octanol–water partition coefficient (Wildman–Crippen LogP) is 3.90. The van der Waals surface area contributed by atoms with E-state index < -0.39 is 0 Å². The van der Waals surface area contributed by atoms with Crippen LogP contribution >= 0.6 is 35.7 Å². The summed E-state index contributed by atoms with van der Waals surface area (Å²) in [5, 5.41) is 6.67. The van der Waals surface area contributed by atoms with Gasteiger partial charge in [0.15, 0.2) is 5.96 Å². The Morgan fingerprint density at radius 3 is 2.52 bits per heavy atom. The van der Waals surface area contributed by atoms with Crippen LogP contribution in [0.1, 0.15) is 32.8 Å². The Morgan fingerprint density at radius 1 is 1.22 bits per heavy atom. The molecule has 1 aromatic rings. The molecule has 1 aromatic carbocycles. The number of nitrogens with zero attached hydrogens (tertiary/aromatic N) is 1. The van der Waals surface area contributed by atoms with Gasteiger partial charge in [0.2, 0.25) is 0 Å². The second-order valence-electron chi connectivity index (χ2n) is 6.02. The molecule has 0 saturated carbocycles. The van der Waals surface area contributed by atoms with Crippen molar-refractivity contribution < 1.29 is 4.74 Å². The SMILES string of the molecule is CN=C(NCCCSC)NCc1ccccc1OC(C)(C)C.I. The van der Waals surface area contributed by atoms with E-state index in [2.05, 4.69) is 48.7 Å². The Bertz CT molecular complexity index is 475. The molecule has 23 heavy (non-hydrogen) atoms. The molecule has 4 nitrogen and oxygen atoms in total. The highest BCUT2D eigenvalue weighted by Crippen LogP contribution is 2.22. The van der Waals surface area contributed by atoms with Crippen LogP contribution in [0.4, 0.5) is 0 Å². The maximum Gasteiger partial charge on any atom is 0.191 e. The van der Waals surface area contributed by atoms with Gasteiger partial charge in [-0.2, -0.15) is 11.8 Å². The van der Waals surface area contributed by atoms with Gasteiger partial charge in [-0.3, -0.25) is 4.99 Å². The third kappa shape index (κ3) is 9.96. The molecule has 0 saturated heterocycles. The number of nitrogens with one attached hydrogen (secondary N) is 2. The molecular weight excluding hydrogens is 421 g/mol. The van der Waals surface area contributed by atoms with Gasteiger partial charge >= 0.3 is 0 Å². The van der Waals surface area contributed by atoms with Gasteiger partial charge in [0.1, 0.15) is 11.4 Å². The molecule has 132 valence electrons. The van der Waals surface area contributed by atoms with E-state index in [1.165, 1.54) is 0 Å².